The first-order chi connectivity index (χ1) is 11.3. The predicted molar refractivity (Wildman–Crippen MR) is 93.8 cm³/mol. The van der Waals surface area contributed by atoms with Crippen LogP contribution >= 0.6 is 22.7 Å². The van der Waals surface area contributed by atoms with Crippen LogP contribution in [0.15, 0.2) is 22.9 Å². The van der Waals surface area contributed by atoms with E-state index in [-0.39, 0.29) is 6.03 Å². The van der Waals surface area contributed by atoms with Gasteiger partial charge in [-0.05, 0) is 30.8 Å². The molecule has 2 saturated heterocycles. The first kappa shape index (κ1) is 15.1. The van der Waals surface area contributed by atoms with Crippen LogP contribution in [0, 0.1) is 0 Å². The van der Waals surface area contributed by atoms with Crippen molar-refractivity contribution in [3.8, 4) is 9.88 Å². The fraction of sp³-hybridized carbons (Fsp3) is 0.500. The van der Waals surface area contributed by atoms with Crippen molar-refractivity contribution in [1.29, 1.82) is 0 Å². The number of amides is 2. The molecule has 5 nitrogen and oxygen atoms in total. The molecule has 1 N–H and O–H groups in total. The molecule has 0 bridgehead atoms. The zero-order valence-corrected chi connectivity index (χ0v) is 14.5. The SMILES string of the molecule is O=C1NCCN1C1CCCN(Cc2csc(-c3cccs3)n2)C1. The van der Waals surface area contributed by atoms with E-state index < -0.39 is 0 Å². The molecule has 122 valence electrons. The molecule has 0 saturated carbocycles. The van der Waals surface area contributed by atoms with Gasteiger partial charge in [-0.25, -0.2) is 9.78 Å². The van der Waals surface area contributed by atoms with Gasteiger partial charge in [0, 0.05) is 37.6 Å². The van der Waals surface area contributed by atoms with Gasteiger partial charge in [-0.3, -0.25) is 4.90 Å². The molecule has 2 aliphatic rings. The number of hydrogen-bond donors (Lipinski definition) is 1. The average molecular weight is 348 g/mol. The molecular weight excluding hydrogens is 328 g/mol. The number of thiophene rings is 1. The highest BCUT2D eigenvalue weighted by Gasteiger charge is 2.31. The number of carbonyl (C=O) groups is 1. The Morgan fingerprint density at radius 2 is 2.30 bits per heavy atom. The van der Waals surface area contributed by atoms with Gasteiger partial charge in [-0.1, -0.05) is 6.07 Å². The summed E-state index contributed by atoms with van der Waals surface area (Å²) in [6.45, 7) is 4.56. The first-order valence-electron chi connectivity index (χ1n) is 8.05. The maximum absolute atomic E-state index is 11.9. The van der Waals surface area contributed by atoms with E-state index in [0.29, 0.717) is 6.04 Å². The molecule has 0 aliphatic carbocycles. The van der Waals surface area contributed by atoms with Gasteiger partial charge in [0.25, 0.3) is 0 Å². The number of urea groups is 1. The van der Waals surface area contributed by atoms with Gasteiger partial charge in [-0.15, -0.1) is 22.7 Å². The van der Waals surface area contributed by atoms with Gasteiger partial charge in [0.1, 0.15) is 5.01 Å². The summed E-state index contributed by atoms with van der Waals surface area (Å²) in [4.78, 5) is 22.3. The van der Waals surface area contributed by atoms with E-state index in [1.54, 1.807) is 22.7 Å². The third kappa shape index (κ3) is 3.27. The van der Waals surface area contributed by atoms with Crippen LogP contribution < -0.4 is 5.32 Å². The minimum atomic E-state index is 0.102. The Morgan fingerprint density at radius 3 is 3.09 bits per heavy atom. The molecular formula is C16H20N4OS2. The fourth-order valence-electron chi connectivity index (χ4n) is 3.39. The van der Waals surface area contributed by atoms with Gasteiger partial charge in [0.2, 0.25) is 0 Å². The average Bonchev–Trinajstić information content (AvgIpc) is 3.28. The monoisotopic (exact) mass is 348 g/mol. The normalized spacial score (nSPS) is 22.5. The van der Waals surface area contributed by atoms with Crippen molar-refractivity contribution in [3.63, 3.8) is 0 Å². The lowest BCUT2D eigenvalue weighted by molar-refractivity contribution is 0.121. The van der Waals surface area contributed by atoms with E-state index in [1.165, 1.54) is 4.88 Å². The van der Waals surface area contributed by atoms with Crippen LogP contribution in [0.5, 0.6) is 0 Å². The molecule has 2 aliphatic heterocycles. The van der Waals surface area contributed by atoms with Crippen molar-refractivity contribution in [1.82, 2.24) is 20.1 Å². The molecule has 4 rings (SSSR count). The maximum Gasteiger partial charge on any atom is 0.317 e. The number of piperidine rings is 1. The number of likely N-dealkylation sites (tertiary alicyclic amines) is 1. The summed E-state index contributed by atoms with van der Waals surface area (Å²) in [5.74, 6) is 0. The van der Waals surface area contributed by atoms with E-state index in [1.807, 2.05) is 4.90 Å². The summed E-state index contributed by atoms with van der Waals surface area (Å²) in [6.07, 6.45) is 2.26. The van der Waals surface area contributed by atoms with E-state index in [2.05, 4.69) is 33.1 Å². The molecule has 2 fully saturated rings. The zero-order valence-electron chi connectivity index (χ0n) is 12.9. The summed E-state index contributed by atoms with van der Waals surface area (Å²) >= 11 is 3.46. The molecule has 2 aromatic rings. The van der Waals surface area contributed by atoms with Crippen molar-refractivity contribution < 1.29 is 4.79 Å². The van der Waals surface area contributed by atoms with Crippen LogP contribution in [-0.2, 0) is 6.54 Å². The molecule has 4 heterocycles. The van der Waals surface area contributed by atoms with Gasteiger partial charge < -0.3 is 10.2 Å². The van der Waals surface area contributed by atoms with Gasteiger partial charge >= 0.3 is 6.03 Å². The van der Waals surface area contributed by atoms with Crippen LogP contribution in [0.4, 0.5) is 4.79 Å². The van der Waals surface area contributed by atoms with Crippen molar-refractivity contribution in [2.75, 3.05) is 26.2 Å². The van der Waals surface area contributed by atoms with Crippen molar-refractivity contribution in [2.45, 2.75) is 25.4 Å². The number of carbonyl (C=O) groups excluding carboxylic acids is 1. The summed E-state index contributed by atoms with van der Waals surface area (Å²) in [5.41, 5.74) is 1.14. The maximum atomic E-state index is 11.9. The molecule has 1 unspecified atom stereocenters. The number of aromatic nitrogens is 1. The van der Waals surface area contributed by atoms with Gasteiger partial charge in [0.05, 0.1) is 10.6 Å². The van der Waals surface area contributed by atoms with E-state index in [9.17, 15) is 4.79 Å². The van der Waals surface area contributed by atoms with E-state index >= 15 is 0 Å². The minimum absolute atomic E-state index is 0.102. The van der Waals surface area contributed by atoms with Gasteiger partial charge in [0.15, 0.2) is 0 Å². The number of nitrogens with zero attached hydrogens (tertiary/aromatic N) is 3. The Morgan fingerprint density at radius 1 is 1.35 bits per heavy atom. The number of nitrogens with one attached hydrogen (secondary N) is 1. The minimum Gasteiger partial charge on any atom is -0.336 e. The topological polar surface area (TPSA) is 48.5 Å². The second-order valence-electron chi connectivity index (χ2n) is 6.08. The first-order valence-corrected chi connectivity index (χ1v) is 9.80. The molecule has 2 aromatic heterocycles. The number of thiazole rings is 1. The molecule has 2 amide bonds. The van der Waals surface area contributed by atoms with E-state index in [4.69, 9.17) is 4.98 Å². The lowest BCUT2D eigenvalue weighted by Crippen LogP contribution is -2.48. The lowest BCUT2D eigenvalue weighted by atomic mass is 10.0. The third-order valence-electron chi connectivity index (χ3n) is 4.48. The second kappa shape index (κ2) is 6.59. The quantitative estimate of drug-likeness (QED) is 0.924. The van der Waals surface area contributed by atoms with Crippen LogP contribution in [0.3, 0.4) is 0 Å². The van der Waals surface area contributed by atoms with Crippen molar-refractivity contribution in [3.05, 3.63) is 28.6 Å². The highest BCUT2D eigenvalue weighted by atomic mass is 32.1. The third-order valence-corrected chi connectivity index (χ3v) is 6.41. The smallest absolute Gasteiger partial charge is 0.317 e. The highest BCUT2D eigenvalue weighted by molar-refractivity contribution is 7.20. The van der Waals surface area contributed by atoms with Crippen molar-refractivity contribution in [2.24, 2.45) is 0 Å². The largest absolute Gasteiger partial charge is 0.336 e. The Bertz CT molecular complexity index is 669. The second-order valence-corrected chi connectivity index (χ2v) is 7.88. The molecule has 7 heteroatoms. The molecule has 0 aromatic carbocycles. The number of rotatable bonds is 4. The Hall–Kier alpha value is -1.44. The molecule has 0 radical (unpaired) electrons. The Balaban J connectivity index is 1.39. The summed E-state index contributed by atoms with van der Waals surface area (Å²) in [6, 6.07) is 4.64. The fourth-order valence-corrected chi connectivity index (χ4v) is 5.01. The number of hydrogen-bond acceptors (Lipinski definition) is 5. The highest BCUT2D eigenvalue weighted by Crippen LogP contribution is 2.28. The van der Waals surface area contributed by atoms with Crippen LogP contribution in [0.2, 0.25) is 0 Å². The predicted octanol–water partition coefficient (Wildman–Crippen LogP) is 2.86. The van der Waals surface area contributed by atoms with Crippen molar-refractivity contribution >= 4 is 28.7 Å². The summed E-state index contributed by atoms with van der Waals surface area (Å²) < 4.78 is 0. The van der Waals surface area contributed by atoms with Gasteiger partial charge in [-0.2, -0.15) is 0 Å². The van der Waals surface area contributed by atoms with Crippen LogP contribution in [0.25, 0.3) is 9.88 Å². The van der Waals surface area contributed by atoms with E-state index in [0.717, 1.165) is 56.3 Å². The summed E-state index contributed by atoms with van der Waals surface area (Å²) in [5, 5.41) is 8.28. The van der Waals surface area contributed by atoms with Crippen LogP contribution in [0.1, 0.15) is 18.5 Å². The molecule has 1 atom stereocenters. The Kier molecular flexibility index (Phi) is 4.33. The molecule has 0 spiro atoms. The summed E-state index contributed by atoms with van der Waals surface area (Å²) in [7, 11) is 0. The Labute approximate surface area is 143 Å². The standard InChI is InChI=1S/C16H20N4OS2/c21-16-17-5-7-20(16)13-3-1-6-19(10-13)9-12-11-23-15(18-12)14-4-2-8-22-14/h2,4,8,11,13H,1,3,5-7,9-10H2,(H,17,21). The zero-order chi connectivity index (χ0) is 15.6. The lowest BCUT2D eigenvalue weighted by Gasteiger charge is -2.36. The molecule has 23 heavy (non-hydrogen) atoms. The van der Waals surface area contributed by atoms with Crippen LogP contribution in [-0.4, -0.2) is 53.0 Å².